The summed E-state index contributed by atoms with van der Waals surface area (Å²) < 4.78 is 0. The maximum absolute atomic E-state index is 10.9. The zero-order valence-corrected chi connectivity index (χ0v) is 9.63. The smallest absolute Gasteiger partial charge is 0.191 e. The molecule has 112 valence electrons. The molecule has 16 nitrogen and oxygen atoms in total. The Morgan fingerprint density at radius 1 is 1.11 bits per heavy atom. The minimum atomic E-state index is -1.22. The molecule has 3 atom stereocenters. The van der Waals surface area contributed by atoms with E-state index in [-0.39, 0.29) is 0 Å². The molecule has 0 amide bonds. The predicted molar refractivity (Wildman–Crippen MR) is 52.5 cm³/mol. The Hall–Kier alpha value is -1.15. The van der Waals surface area contributed by atoms with Gasteiger partial charge in [0.25, 0.3) is 0 Å². The first-order chi connectivity index (χ1) is 8.79. The second-order valence-corrected chi connectivity index (χ2v) is 2.83. The molecule has 0 heterocycles. The normalized spacial score (nSPS) is 19.1. The molecule has 0 radical (unpaired) electrons. The summed E-state index contributed by atoms with van der Waals surface area (Å²) in [6.07, 6.45) is 0.640. The van der Waals surface area contributed by atoms with E-state index in [1.807, 2.05) is 16.8 Å². The van der Waals surface area contributed by atoms with Crippen LogP contribution in [0.25, 0.3) is 0 Å². The summed E-state index contributed by atoms with van der Waals surface area (Å²) >= 11 is 0. The van der Waals surface area contributed by atoms with Crippen LogP contribution in [0, 0.1) is 21.0 Å². The van der Waals surface area contributed by atoms with Crippen molar-refractivity contribution in [3.05, 3.63) is 21.8 Å². The number of hydrogen-bond acceptors (Lipinski definition) is 12. The van der Waals surface area contributed by atoms with Crippen LogP contribution in [0.5, 0.6) is 0 Å². The maximum atomic E-state index is 10.9. The first-order valence-corrected chi connectivity index (χ1v) is 4.36. The quantitative estimate of drug-likeness (QED) is 0.0793. The van der Waals surface area contributed by atoms with Crippen molar-refractivity contribution in [2.45, 2.75) is 0 Å². The number of nitrogens with zero attached hydrogens (tertiary/aromatic N) is 1. The Morgan fingerprint density at radius 3 is 1.89 bits per heavy atom. The van der Waals surface area contributed by atoms with Gasteiger partial charge in [-0.05, 0) is 14.7 Å². The topological polar surface area (TPSA) is 222 Å². The molecule has 0 rings (SSSR count). The minimum Gasteiger partial charge on any atom is -0.593 e. The molecule has 0 aromatic heterocycles. The van der Waals surface area contributed by atoms with Gasteiger partial charge in [0.1, 0.15) is 7.05 Å². The predicted octanol–water partition coefficient (Wildman–Crippen LogP) is -7.86. The van der Waals surface area contributed by atoms with E-state index >= 15 is 0 Å². The van der Waals surface area contributed by atoms with E-state index < -0.39 is 20.7 Å². The molecule has 0 aliphatic carbocycles. The second-order valence-electron chi connectivity index (χ2n) is 2.83. The number of nitrogens with one attached hydrogen (secondary N) is 7. The van der Waals surface area contributed by atoms with Crippen molar-refractivity contribution in [1.82, 2.24) is 16.8 Å². The molecule has 16 heteroatoms. The summed E-state index contributed by atoms with van der Waals surface area (Å²) in [5.41, 5.74) is 5.73. The third kappa shape index (κ3) is 9.43. The first-order valence-electron chi connectivity index (χ1n) is 4.36. The van der Waals surface area contributed by atoms with E-state index in [0.29, 0.717) is 6.20 Å². The second kappa shape index (κ2) is 8.87. The highest BCUT2D eigenvalue weighted by atomic mass is 17.1. The Morgan fingerprint density at radius 2 is 1.53 bits per heavy atom. The van der Waals surface area contributed by atoms with Crippen LogP contribution in [0.3, 0.4) is 0 Å². The van der Waals surface area contributed by atoms with Gasteiger partial charge in [-0.3, -0.25) is 5.41 Å². The number of nitrogens with two attached hydrogens (primary N) is 2. The molecular formula is C3H15N10O6+. The Bertz CT molecular complexity index is 281. The molecular weight excluding hydrogens is 272 g/mol. The monoisotopic (exact) mass is 287 g/mol. The van der Waals surface area contributed by atoms with E-state index in [1.54, 1.807) is 5.87 Å². The Labute approximate surface area is 105 Å². The molecule has 3 unspecified atom stereocenters. The maximum Gasteiger partial charge on any atom is 0.191 e. The molecule has 0 aromatic carbocycles. The molecule has 0 saturated heterocycles. The fourth-order valence-corrected chi connectivity index (χ4v) is 0.553. The van der Waals surface area contributed by atoms with E-state index in [4.69, 9.17) is 5.41 Å². The minimum absolute atomic E-state index is 0.640. The van der Waals surface area contributed by atoms with Gasteiger partial charge in [-0.2, -0.15) is 5.23 Å². The summed E-state index contributed by atoms with van der Waals surface area (Å²) in [5.74, 6) is 11.0. The standard InChI is InChI=1S/C3H15N10O6/c1-13(8-18-11(5)15,9-19-12(6)16)7-17-10(14)3-2-4/h3-4,7-12H,5-6H2,1H3/q+1. The van der Waals surface area contributed by atoms with Crippen molar-refractivity contribution >= 4 is 5.87 Å². The molecule has 0 bridgehead atoms. The van der Waals surface area contributed by atoms with Gasteiger partial charge in [0.2, 0.25) is 0 Å². The van der Waals surface area contributed by atoms with Crippen LogP contribution in [0.1, 0.15) is 0 Å². The summed E-state index contributed by atoms with van der Waals surface area (Å²) in [4.78, 5) is 11.7. The average molecular weight is 287 g/mol. The molecule has 0 aliphatic rings. The zero-order chi connectivity index (χ0) is 14.9. The number of hydroxylamine groups is 2. The third-order valence-electron chi connectivity index (χ3n) is 1.18. The van der Waals surface area contributed by atoms with E-state index in [9.17, 15) is 15.6 Å². The van der Waals surface area contributed by atoms with Gasteiger partial charge in [0.15, 0.2) is 6.20 Å². The molecule has 0 saturated carbocycles. The fraction of sp³-hybridized carbons (Fsp3) is 0.333. The Kier molecular flexibility index (Phi) is 8.33. The fourth-order valence-electron chi connectivity index (χ4n) is 0.553. The molecule has 0 aromatic rings. The number of hydrogen-bond donors (Lipinski definition) is 9. The van der Waals surface area contributed by atoms with Crippen molar-refractivity contribution in [1.29, 1.82) is 5.41 Å². The largest absolute Gasteiger partial charge is 0.593 e. The van der Waals surface area contributed by atoms with Gasteiger partial charge in [-0.15, -0.1) is 22.4 Å². The zero-order valence-electron chi connectivity index (χ0n) is 9.63. The lowest BCUT2D eigenvalue weighted by molar-refractivity contribution is -1.24. The molecule has 11 N–H and O–H groups in total. The highest BCUT2D eigenvalue weighted by molar-refractivity contribution is 5.44. The van der Waals surface area contributed by atoms with Crippen LogP contribution in [0.4, 0.5) is 0 Å². The highest BCUT2D eigenvalue weighted by Crippen LogP contribution is 1.80. The van der Waals surface area contributed by atoms with E-state index in [1.165, 1.54) is 0 Å². The van der Waals surface area contributed by atoms with Gasteiger partial charge in [0.05, 0.1) is 16.8 Å². The van der Waals surface area contributed by atoms with Crippen LogP contribution in [-0.4, -0.2) is 17.7 Å². The van der Waals surface area contributed by atoms with Crippen molar-refractivity contribution in [2.24, 2.45) is 11.7 Å². The number of quaternary nitrogens is 4. The molecule has 0 aliphatic heterocycles. The van der Waals surface area contributed by atoms with Gasteiger partial charge < -0.3 is 15.6 Å². The third-order valence-corrected chi connectivity index (χ3v) is 1.18. The SMILES string of the molecule is C[N+](NO[NH+](N)[O-])(NO[NH+](N)[O-])NO[NH+]([O-])C=C=N. The van der Waals surface area contributed by atoms with Gasteiger partial charge in [-0.25, -0.2) is 0 Å². The summed E-state index contributed by atoms with van der Waals surface area (Å²) in [6, 6.07) is 0. The van der Waals surface area contributed by atoms with Crippen LogP contribution in [-0.2, 0) is 14.8 Å². The van der Waals surface area contributed by atoms with Crippen molar-refractivity contribution in [2.75, 3.05) is 7.05 Å². The van der Waals surface area contributed by atoms with Crippen LogP contribution in [0.15, 0.2) is 6.20 Å². The van der Waals surface area contributed by atoms with Crippen LogP contribution in [0.2, 0.25) is 0 Å². The van der Waals surface area contributed by atoms with E-state index in [0.717, 1.165) is 7.05 Å². The first kappa shape index (κ1) is 17.8. The van der Waals surface area contributed by atoms with Crippen molar-refractivity contribution < 1.29 is 35.5 Å². The lowest BCUT2D eigenvalue weighted by Crippen LogP contribution is -3.15. The highest BCUT2D eigenvalue weighted by Gasteiger charge is 2.29. The van der Waals surface area contributed by atoms with Gasteiger partial charge in [0, 0.05) is 5.87 Å². The molecule has 0 fully saturated rings. The van der Waals surface area contributed by atoms with Crippen molar-refractivity contribution in [3.63, 3.8) is 0 Å². The van der Waals surface area contributed by atoms with Gasteiger partial charge in [-0.1, -0.05) is 4.94 Å². The van der Waals surface area contributed by atoms with E-state index in [2.05, 4.69) is 26.5 Å². The summed E-state index contributed by atoms with van der Waals surface area (Å²) in [6.45, 7) is 0. The van der Waals surface area contributed by atoms with Crippen LogP contribution < -0.4 is 44.4 Å². The Balaban J connectivity index is 4.41. The average Bonchev–Trinajstić information content (AvgIpc) is 2.32. The molecule has 0 spiro atoms. The number of rotatable bonds is 10. The summed E-state index contributed by atoms with van der Waals surface area (Å²) in [7, 11) is 1.13. The van der Waals surface area contributed by atoms with Crippen molar-refractivity contribution in [3.8, 4) is 0 Å². The lowest BCUT2D eigenvalue weighted by atomic mass is 11.0. The van der Waals surface area contributed by atoms with Crippen LogP contribution >= 0.6 is 0 Å². The molecule has 19 heavy (non-hydrogen) atoms. The lowest BCUT2D eigenvalue weighted by Gasteiger charge is -2.29. The van der Waals surface area contributed by atoms with Gasteiger partial charge >= 0.3 is 0 Å². The summed E-state index contributed by atoms with van der Waals surface area (Å²) in [5, 5.41) is 34.8.